The molecule has 0 spiro atoms. The van der Waals surface area contributed by atoms with E-state index in [2.05, 4.69) is 10.2 Å². The van der Waals surface area contributed by atoms with E-state index in [0.29, 0.717) is 49.1 Å². The van der Waals surface area contributed by atoms with E-state index in [1.807, 2.05) is 4.90 Å². The van der Waals surface area contributed by atoms with Gasteiger partial charge in [0.1, 0.15) is 11.4 Å². The topological polar surface area (TPSA) is 71.1 Å². The first kappa shape index (κ1) is 26.1. The third-order valence-corrected chi connectivity index (χ3v) is 6.30. The molecule has 2 aliphatic rings. The van der Waals surface area contributed by atoms with E-state index >= 15 is 0 Å². The first-order chi connectivity index (χ1) is 17.1. The molecule has 0 saturated carbocycles. The van der Waals surface area contributed by atoms with Crippen molar-refractivity contribution in [1.29, 1.82) is 0 Å². The van der Waals surface area contributed by atoms with Gasteiger partial charge < -0.3 is 14.4 Å². The van der Waals surface area contributed by atoms with E-state index in [0.717, 1.165) is 5.56 Å². The van der Waals surface area contributed by atoms with E-state index in [1.54, 1.807) is 57.2 Å². The highest BCUT2D eigenvalue weighted by Gasteiger charge is 2.39. The molecule has 36 heavy (non-hydrogen) atoms. The smallest absolute Gasteiger partial charge is 0.412 e. The number of hydrogen-bond donors (Lipinski definition) is 1. The summed E-state index contributed by atoms with van der Waals surface area (Å²) in [5, 5.41) is 3.16. The number of nitrogens with one attached hydrogen (secondary N) is 1. The first-order valence-corrected chi connectivity index (χ1v) is 12.3. The van der Waals surface area contributed by atoms with Gasteiger partial charge in [0, 0.05) is 30.7 Å². The maximum Gasteiger partial charge on any atom is 0.412 e. The number of benzene rings is 2. The SMILES string of the molecule is CC(C)(C)OC(=O)Nc1cc(Cl)ccc1C=CC(=O)N1CC2COCC(C1)N2Cc1ccc(F)cc1. The van der Waals surface area contributed by atoms with E-state index in [4.69, 9.17) is 21.1 Å². The van der Waals surface area contributed by atoms with Crippen LogP contribution in [0.1, 0.15) is 31.9 Å². The third kappa shape index (κ3) is 6.84. The minimum absolute atomic E-state index is 0.0554. The Morgan fingerprint density at radius 3 is 2.44 bits per heavy atom. The van der Waals surface area contributed by atoms with Crippen LogP contribution in [0, 0.1) is 5.82 Å². The lowest BCUT2D eigenvalue weighted by molar-refractivity contribution is -0.141. The molecule has 2 heterocycles. The average molecular weight is 516 g/mol. The van der Waals surface area contributed by atoms with Crippen molar-refractivity contribution < 1.29 is 23.5 Å². The average Bonchev–Trinajstić information content (AvgIpc) is 2.78. The largest absolute Gasteiger partial charge is 0.444 e. The van der Waals surface area contributed by atoms with Crippen molar-refractivity contribution in [3.05, 3.63) is 70.5 Å². The molecule has 0 radical (unpaired) electrons. The molecule has 7 nitrogen and oxygen atoms in total. The van der Waals surface area contributed by atoms with E-state index in [1.165, 1.54) is 18.2 Å². The molecule has 2 bridgehead atoms. The zero-order chi connectivity index (χ0) is 25.9. The molecule has 2 fully saturated rings. The zero-order valence-electron chi connectivity index (χ0n) is 20.7. The maximum atomic E-state index is 13.3. The van der Waals surface area contributed by atoms with Gasteiger partial charge in [-0.1, -0.05) is 29.8 Å². The van der Waals surface area contributed by atoms with E-state index < -0.39 is 11.7 Å². The van der Waals surface area contributed by atoms with Crippen molar-refractivity contribution in [3.63, 3.8) is 0 Å². The van der Waals surface area contributed by atoms with E-state index in [9.17, 15) is 14.0 Å². The van der Waals surface area contributed by atoms with Gasteiger partial charge in [-0.05, 0) is 62.2 Å². The highest BCUT2D eigenvalue weighted by Crippen LogP contribution is 2.26. The van der Waals surface area contributed by atoms with Crippen LogP contribution in [0.5, 0.6) is 0 Å². The lowest BCUT2D eigenvalue weighted by Gasteiger charge is -2.49. The molecule has 2 unspecified atom stereocenters. The molecule has 0 aliphatic carbocycles. The molecule has 2 aliphatic heterocycles. The van der Waals surface area contributed by atoms with Crippen LogP contribution in [-0.4, -0.2) is 65.8 Å². The number of hydrogen-bond acceptors (Lipinski definition) is 5. The van der Waals surface area contributed by atoms with Gasteiger partial charge in [0.15, 0.2) is 0 Å². The lowest BCUT2D eigenvalue weighted by Crippen LogP contribution is -2.64. The van der Waals surface area contributed by atoms with Crippen LogP contribution in [0.4, 0.5) is 14.9 Å². The van der Waals surface area contributed by atoms with Crippen molar-refractivity contribution in [2.24, 2.45) is 0 Å². The molecule has 2 aromatic carbocycles. The number of rotatable bonds is 5. The van der Waals surface area contributed by atoms with Gasteiger partial charge >= 0.3 is 6.09 Å². The summed E-state index contributed by atoms with van der Waals surface area (Å²) in [5.41, 5.74) is 1.47. The summed E-state index contributed by atoms with van der Waals surface area (Å²) in [7, 11) is 0. The second kappa shape index (κ2) is 11.0. The maximum absolute atomic E-state index is 13.3. The molecule has 2 atom stereocenters. The Bertz CT molecular complexity index is 1120. The number of ether oxygens (including phenoxy) is 2. The highest BCUT2D eigenvalue weighted by atomic mass is 35.5. The summed E-state index contributed by atoms with van der Waals surface area (Å²) in [6, 6.07) is 11.7. The molecule has 4 rings (SSSR count). The summed E-state index contributed by atoms with van der Waals surface area (Å²) in [6.45, 7) is 8.16. The van der Waals surface area contributed by atoms with Crippen LogP contribution in [0.25, 0.3) is 6.08 Å². The predicted octanol–water partition coefficient (Wildman–Crippen LogP) is 4.95. The number of carbonyl (C=O) groups excluding carboxylic acids is 2. The fraction of sp³-hybridized carbons (Fsp3) is 0.407. The number of anilines is 1. The van der Waals surface area contributed by atoms with Crippen molar-refractivity contribution in [1.82, 2.24) is 9.80 Å². The van der Waals surface area contributed by atoms with Crippen LogP contribution < -0.4 is 5.32 Å². The lowest BCUT2D eigenvalue weighted by atomic mass is 10.0. The first-order valence-electron chi connectivity index (χ1n) is 11.9. The molecule has 2 aromatic rings. The monoisotopic (exact) mass is 515 g/mol. The minimum atomic E-state index is -0.644. The molecule has 0 aromatic heterocycles. The standard InChI is InChI=1S/C27H31ClFN3O4/c1-27(2,3)36-26(34)30-24-12-20(28)8-6-19(24)7-11-25(33)31-14-22-16-35-17-23(15-31)32(22)13-18-4-9-21(29)10-5-18/h4-12,22-23H,13-17H2,1-3H3,(H,30,34). The summed E-state index contributed by atoms with van der Waals surface area (Å²) in [4.78, 5) is 29.5. The Labute approximate surface area is 215 Å². The van der Waals surface area contributed by atoms with Gasteiger partial charge in [-0.2, -0.15) is 0 Å². The van der Waals surface area contributed by atoms with Crippen LogP contribution >= 0.6 is 11.6 Å². The summed E-state index contributed by atoms with van der Waals surface area (Å²) >= 11 is 6.13. The highest BCUT2D eigenvalue weighted by molar-refractivity contribution is 6.31. The molecule has 9 heteroatoms. The summed E-state index contributed by atoms with van der Waals surface area (Å²) < 4.78 is 24.4. The molecule has 192 valence electrons. The number of halogens is 2. The number of morpholine rings is 1. The number of fused-ring (bicyclic) bond motifs is 2. The van der Waals surface area contributed by atoms with Gasteiger partial charge in [0.25, 0.3) is 0 Å². The van der Waals surface area contributed by atoms with Crippen LogP contribution in [-0.2, 0) is 20.8 Å². The van der Waals surface area contributed by atoms with Crippen molar-refractivity contribution in [2.45, 2.75) is 45.0 Å². The zero-order valence-corrected chi connectivity index (χ0v) is 21.4. The molecule has 2 amide bonds. The van der Waals surface area contributed by atoms with Crippen molar-refractivity contribution in [3.8, 4) is 0 Å². The molecule has 1 N–H and O–H groups in total. The number of carbonyl (C=O) groups is 2. The normalized spacial score (nSPS) is 20.4. The quantitative estimate of drug-likeness (QED) is 0.570. The Hall–Kier alpha value is -2.94. The Morgan fingerprint density at radius 2 is 1.81 bits per heavy atom. The van der Waals surface area contributed by atoms with Crippen molar-refractivity contribution >= 4 is 35.4 Å². The summed E-state index contributed by atoms with van der Waals surface area (Å²) in [6.07, 6.45) is 2.58. The Balaban J connectivity index is 1.42. The third-order valence-electron chi connectivity index (χ3n) is 6.07. The van der Waals surface area contributed by atoms with Gasteiger partial charge in [0.05, 0.1) is 31.0 Å². The molecule has 2 saturated heterocycles. The van der Waals surface area contributed by atoms with Crippen molar-refractivity contribution in [2.75, 3.05) is 31.6 Å². The van der Waals surface area contributed by atoms with Gasteiger partial charge in [-0.25, -0.2) is 9.18 Å². The number of nitrogens with zero attached hydrogens (tertiary/aromatic N) is 2. The Morgan fingerprint density at radius 1 is 1.14 bits per heavy atom. The number of amides is 2. The van der Waals surface area contributed by atoms with Crippen LogP contribution in [0.2, 0.25) is 5.02 Å². The van der Waals surface area contributed by atoms with E-state index in [-0.39, 0.29) is 23.8 Å². The fourth-order valence-corrected chi connectivity index (χ4v) is 4.60. The second-order valence-electron chi connectivity index (χ2n) is 10.1. The van der Waals surface area contributed by atoms with Crippen LogP contribution in [0.3, 0.4) is 0 Å². The second-order valence-corrected chi connectivity index (χ2v) is 10.5. The summed E-state index contributed by atoms with van der Waals surface area (Å²) in [5.74, 6) is -0.374. The molecular formula is C27H31ClFN3O4. The van der Waals surface area contributed by atoms with Gasteiger partial charge in [-0.15, -0.1) is 0 Å². The minimum Gasteiger partial charge on any atom is -0.444 e. The Kier molecular flexibility index (Phi) is 7.97. The molecular weight excluding hydrogens is 485 g/mol. The van der Waals surface area contributed by atoms with Gasteiger partial charge in [-0.3, -0.25) is 15.0 Å². The van der Waals surface area contributed by atoms with Gasteiger partial charge in [0.2, 0.25) is 5.91 Å². The van der Waals surface area contributed by atoms with Crippen LogP contribution in [0.15, 0.2) is 48.5 Å². The fourth-order valence-electron chi connectivity index (χ4n) is 4.43. The predicted molar refractivity (Wildman–Crippen MR) is 137 cm³/mol. The number of piperazine rings is 1.